The molecule has 12 heteroatoms. The number of ether oxygens (including phenoxy) is 1. The van der Waals surface area contributed by atoms with Crippen molar-refractivity contribution in [2.24, 2.45) is 0 Å². The summed E-state index contributed by atoms with van der Waals surface area (Å²) in [6.45, 7) is 3.98. The van der Waals surface area contributed by atoms with Crippen LogP contribution >= 0.6 is 0 Å². The number of anilines is 1. The van der Waals surface area contributed by atoms with Gasteiger partial charge in [0, 0.05) is 25.7 Å². The quantitative estimate of drug-likeness (QED) is 0.427. The number of sulfone groups is 1. The van der Waals surface area contributed by atoms with E-state index in [1.165, 1.54) is 0 Å². The summed E-state index contributed by atoms with van der Waals surface area (Å²) in [5.74, 6) is 0. The molecule has 0 aromatic heterocycles. The van der Waals surface area contributed by atoms with E-state index in [4.69, 9.17) is 4.74 Å². The van der Waals surface area contributed by atoms with E-state index in [-0.39, 0.29) is 5.69 Å². The monoisotopic (exact) mass is 397 g/mol. The summed E-state index contributed by atoms with van der Waals surface area (Å²) in [5.41, 5.74) is -6.27. The van der Waals surface area contributed by atoms with E-state index >= 15 is 0 Å². The molecule has 0 radical (unpaired) electrons. The zero-order valence-electron chi connectivity index (χ0n) is 13.7. The Balaban J connectivity index is 2.05. The summed E-state index contributed by atoms with van der Waals surface area (Å²) in [7, 11) is -5.64. The average molecular weight is 397 g/mol. The Morgan fingerprint density at radius 3 is 2.50 bits per heavy atom. The fourth-order valence-corrected chi connectivity index (χ4v) is 3.24. The predicted molar refractivity (Wildman–Crippen MR) is 86.7 cm³/mol. The first-order valence-electron chi connectivity index (χ1n) is 7.76. The second kappa shape index (κ2) is 8.18. The number of nitro benzene ring substituents is 1. The molecule has 0 bridgehead atoms. The van der Waals surface area contributed by atoms with Gasteiger partial charge in [-0.1, -0.05) is 0 Å². The number of rotatable bonds is 7. The standard InChI is InChI=1S/C14H18F3N3O5S/c15-14(16,17)26(23,24)11-2-3-12(13(10-11)20(21)22)18-4-1-5-19-6-8-25-9-7-19/h2-3,10,18H,1,4-9H2. The summed E-state index contributed by atoms with van der Waals surface area (Å²) in [6.07, 6.45) is 0.653. The van der Waals surface area contributed by atoms with E-state index in [2.05, 4.69) is 10.2 Å². The van der Waals surface area contributed by atoms with E-state index in [0.717, 1.165) is 25.7 Å². The molecule has 0 unspecified atom stereocenters. The molecule has 0 saturated carbocycles. The van der Waals surface area contributed by atoms with Crippen molar-refractivity contribution in [3.63, 3.8) is 0 Å². The van der Waals surface area contributed by atoms with Crippen LogP contribution < -0.4 is 5.32 Å². The lowest BCUT2D eigenvalue weighted by Gasteiger charge is -2.26. The number of hydrogen-bond acceptors (Lipinski definition) is 7. The van der Waals surface area contributed by atoms with Crippen LogP contribution in [0.4, 0.5) is 24.5 Å². The minimum absolute atomic E-state index is 0.0295. The zero-order chi connectivity index (χ0) is 19.4. The van der Waals surface area contributed by atoms with E-state index in [1.807, 2.05) is 0 Å². The molecule has 8 nitrogen and oxygen atoms in total. The molecule has 1 aromatic rings. The first-order valence-corrected chi connectivity index (χ1v) is 9.25. The van der Waals surface area contributed by atoms with Gasteiger partial charge in [0.05, 0.1) is 23.0 Å². The molecule has 0 spiro atoms. The fourth-order valence-electron chi connectivity index (χ4n) is 2.46. The van der Waals surface area contributed by atoms with Gasteiger partial charge in [-0.2, -0.15) is 13.2 Å². The number of nitrogens with zero attached hydrogens (tertiary/aromatic N) is 2. The molecule has 0 atom stereocenters. The number of morpholine rings is 1. The molecule has 1 heterocycles. The van der Waals surface area contributed by atoms with E-state index in [1.54, 1.807) is 0 Å². The fraction of sp³-hybridized carbons (Fsp3) is 0.571. The van der Waals surface area contributed by atoms with Crippen molar-refractivity contribution < 1.29 is 31.2 Å². The van der Waals surface area contributed by atoms with Gasteiger partial charge in [-0.15, -0.1) is 0 Å². The van der Waals surface area contributed by atoms with E-state index < -0.39 is 30.9 Å². The first-order chi connectivity index (χ1) is 12.1. The molecule has 1 aliphatic heterocycles. The lowest BCUT2D eigenvalue weighted by molar-refractivity contribution is -0.384. The Hall–Kier alpha value is -1.92. The van der Waals surface area contributed by atoms with Gasteiger partial charge < -0.3 is 10.1 Å². The average Bonchev–Trinajstić information content (AvgIpc) is 2.58. The molecule has 2 rings (SSSR count). The molecular weight excluding hydrogens is 379 g/mol. The highest BCUT2D eigenvalue weighted by atomic mass is 32.2. The Morgan fingerprint density at radius 1 is 1.27 bits per heavy atom. The van der Waals surface area contributed by atoms with Crippen molar-refractivity contribution >= 4 is 21.2 Å². The third kappa shape index (κ3) is 4.83. The van der Waals surface area contributed by atoms with Crippen molar-refractivity contribution in [1.29, 1.82) is 0 Å². The van der Waals surface area contributed by atoms with Gasteiger partial charge in [0.25, 0.3) is 15.5 Å². The van der Waals surface area contributed by atoms with Gasteiger partial charge in [0.1, 0.15) is 5.69 Å². The first kappa shape index (κ1) is 20.4. The van der Waals surface area contributed by atoms with Crippen LogP contribution in [0.15, 0.2) is 23.1 Å². The van der Waals surface area contributed by atoms with Gasteiger partial charge in [0.2, 0.25) is 0 Å². The number of alkyl halides is 3. The SMILES string of the molecule is O=[N+]([O-])c1cc(S(=O)(=O)C(F)(F)F)ccc1NCCCN1CCOCC1. The maximum absolute atomic E-state index is 12.6. The van der Waals surface area contributed by atoms with E-state index in [0.29, 0.717) is 38.3 Å². The van der Waals surface area contributed by atoms with Crippen LogP contribution in [0.5, 0.6) is 0 Å². The van der Waals surface area contributed by atoms with Crippen molar-refractivity contribution in [1.82, 2.24) is 4.90 Å². The zero-order valence-corrected chi connectivity index (χ0v) is 14.5. The van der Waals surface area contributed by atoms with Gasteiger partial charge in [-0.25, -0.2) is 8.42 Å². The summed E-state index contributed by atoms with van der Waals surface area (Å²) in [4.78, 5) is 11.2. The lowest BCUT2D eigenvalue weighted by Crippen LogP contribution is -2.37. The molecule has 1 fully saturated rings. The van der Waals surface area contributed by atoms with Crippen LogP contribution in [0.1, 0.15) is 6.42 Å². The molecule has 26 heavy (non-hydrogen) atoms. The number of nitro groups is 1. The molecule has 1 saturated heterocycles. The molecule has 0 amide bonds. The normalized spacial score (nSPS) is 16.4. The van der Waals surface area contributed by atoms with Gasteiger partial charge in [-0.05, 0) is 25.1 Å². The van der Waals surface area contributed by atoms with Gasteiger partial charge in [-0.3, -0.25) is 15.0 Å². The topological polar surface area (TPSA) is 102 Å². The summed E-state index contributed by atoms with van der Waals surface area (Å²) < 4.78 is 65.8. The third-order valence-corrected chi connectivity index (χ3v) is 5.34. The van der Waals surface area contributed by atoms with Gasteiger partial charge >= 0.3 is 5.51 Å². The maximum Gasteiger partial charge on any atom is 0.501 e. The third-order valence-electron chi connectivity index (χ3n) is 3.85. The minimum atomic E-state index is -5.64. The second-order valence-electron chi connectivity index (χ2n) is 5.62. The van der Waals surface area contributed by atoms with Crippen molar-refractivity contribution in [2.75, 3.05) is 44.7 Å². The van der Waals surface area contributed by atoms with Crippen LogP contribution in [0.25, 0.3) is 0 Å². The molecular formula is C14H18F3N3O5S. The number of halogens is 3. The van der Waals surface area contributed by atoms with Gasteiger partial charge in [0.15, 0.2) is 0 Å². The Kier molecular flexibility index (Phi) is 6.42. The van der Waals surface area contributed by atoms with Crippen molar-refractivity contribution in [3.05, 3.63) is 28.3 Å². The van der Waals surface area contributed by atoms with E-state index in [9.17, 15) is 31.7 Å². The smallest absolute Gasteiger partial charge is 0.379 e. The van der Waals surface area contributed by atoms with Crippen molar-refractivity contribution in [3.8, 4) is 0 Å². The molecule has 1 N–H and O–H groups in total. The molecule has 1 aliphatic rings. The Bertz CT molecular complexity index is 749. The van der Waals surface area contributed by atoms with Crippen LogP contribution in [0.3, 0.4) is 0 Å². The number of hydrogen-bond donors (Lipinski definition) is 1. The summed E-state index contributed by atoms with van der Waals surface area (Å²) >= 11 is 0. The highest BCUT2D eigenvalue weighted by Gasteiger charge is 2.47. The largest absolute Gasteiger partial charge is 0.501 e. The highest BCUT2D eigenvalue weighted by molar-refractivity contribution is 7.92. The molecule has 0 aliphatic carbocycles. The Labute approximate surface area is 148 Å². The number of nitrogens with one attached hydrogen (secondary N) is 1. The molecule has 1 aromatic carbocycles. The summed E-state index contributed by atoms with van der Waals surface area (Å²) in [6, 6.07) is 2.11. The van der Waals surface area contributed by atoms with Crippen LogP contribution in [0, 0.1) is 10.1 Å². The van der Waals surface area contributed by atoms with Crippen molar-refractivity contribution in [2.45, 2.75) is 16.8 Å². The highest BCUT2D eigenvalue weighted by Crippen LogP contribution is 2.34. The Morgan fingerprint density at radius 2 is 1.92 bits per heavy atom. The maximum atomic E-state index is 12.6. The molecule has 146 valence electrons. The van der Waals surface area contributed by atoms with Crippen LogP contribution in [0.2, 0.25) is 0 Å². The predicted octanol–water partition coefficient (Wildman–Crippen LogP) is 2.02. The lowest BCUT2D eigenvalue weighted by atomic mass is 10.2. The van der Waals surface area contributed by atoms with Crippen LogP contribution in [-0.4, -0.2) is 63.1 Å². The van der Waals surface area contributed by atoms with Crippen LogP contribution in [-0.2, 0) is 14.6 Å². The second-order valence-corrected chi connectivity index (χ2v) is 7.56. The minimum Gasteiger partial charge on any atom is -0.379 e. The summed E-state index contributed by atoms with van der Waals surface area (Å²) in [5, 5.41) is 13.9. The number of benzene rings is 1.